The largest absolute Gasteiger partial charge is 0.489 e. The highest BCUT2D eigenvalue weighted by molar-refractivity contribution is 6.73. The summed E-state index contributed by atoms with van der Waals surface area (Å²) < 4.78 is 12.0. The summed E-state index contributed by atoms with van der Waals surface area (Å²) in [5.74, 6) is 0.756. The first kappa shape index (κ1) is 18.5. The SMILES string of the molecule is C=C(C)O[C@@H](/C=C\CCC)CO[Si](CC)(CC)CC. The molecule has 0 aromatic carbocycles. The zero-order valence-electron chi connectivity index (χ0n) is 13.5. The van der Waals surface area contributed by atoms with Crippen molar-refractivity contribution in [2.45, 2.75) is 71.7 Å². The lowest BCUT2D eigenvalue weighted by atomic mass is 10.2. The fourth-order valence-corrected chi connectivity index (χ4v) is 4.75. The standard InChI is InChI=1S/C16H32O2Si/c1-7-11-12-13-16(18-15(5)6)14-17-19(8-2,9-3)10-4/h12-13,16H,5,7-11,14H2,1-4,6H3/b13-12-/t16-/m0/s1. The van der Waals surface area contributed by atoms with E-state index < -0.39 is 8.32 Å². The molecule has 0 bridgehead atoms. The Morgan fingerprint density at radius 1 is 1.16 bits per heavy atom. The molecule has 0 saturated carbocycles. The molecule has 0 aromatic rings. The van der Waals surface area contributed by atoms with Gasteiger partial charge in [0, 0.05) is 0 Å². The monoisotopic (exact) mass is 284 g/mol. The van der Waals surface area contributed by atoms with E-state index in [2.05, 4.69) is 46.4 Å². The normalized spacial score (nSPS) is 13.7. The Labute approximate surface area is 121 Å². The molecule has 0 saturated heterocycles. The number of allylic oxidation sites excluding steroid dienone is 2. The minimum atomic E-state index is -1.52. The molecule has 0 aliphatic carbocycles. The van der Waals surface area contributed by atoms with Crippen molar-refractivity contribution in [2.75, 3.05) is 6.61 Å². The highest BCUT2D eigenvalue weighted by Crippen LogP contribution is 2.22. The first-order chi connectivity index (χ1) is 9.03. The van der Waals surface area contributed by atoms with Gasteiger partial charge in [0.15, 0.2) is 8.32 Å². The van der Waals surface area contributed by atoms with Crippen LogP contribution in [0.25, 0.3) is 0 Å². The molecule has 1 atom stereocenters. The number of rotatable bonds is 11. The summed E-state index contributed by atoms with van der Waals surface area (Å²) >= 11 is 0. The van der Waals surface area contributed by atoms with Crippen LogP contribution in [0.2, 0.25) is 18.1 Å². The molecule has 0 radical (unpaired) electrons. The molecule has 0 aromatic heterocycles. The van der Waals surface area contributed by atoms with E-state index in [1.807, 2.05) is 6.92 Å². The van der Waals surface area contributed by atoms with Crippen molar-refractivity contribution in [1.82, 2.24) is 0 Å². The van der Waals surface area contributed by atoms with E-state index in [0.29, 0.717) is 6.61 Å². The van der Waals surface area contributed by atoms with Crippen LogP contribution in [-0.4, -0.2) is 21.0 Å². The average molecular weight is 285 g/mol. The van der Waals surface area contributed by atoms with Crippen LogP contribution in [0.3, 0.4) is 0 Å². The zero-order valence-corrected chi connectivity index (χ0v) is 14.5. The molecule has 0 N–H and O–H groups in total. The Morgan fingerprint density at radius 3 is 2.16 bits per heavy atom. The van der Waals surface area contributed by atoms with Gasteiger partial charge in [-0.25, -0.2) is 0 Å². The summed E-state index contributed by atoms with van der Waals surface area (Å²) in [6.45, 7) is 15.3. The fourth-order valence-electron chi connectivity index (χ4n) is 2.12. The molecule has 112 valence electrons. The van der Waals surface area contributed by atoms with E-state index in [1.165, 1.54) is 18.1 Å². The van der Waals surface area contributed by atoms with Crippen LogP contribution in [0.5, 0.6) is 0 Å². The molecule has 19 heavy (non-hydrogen) atoms. The maximum absolute atomic E-state index is 6.29. The van der Waals surface area contributed by atoms with Gasteiger partial charge >= 0.3 is 0 Å². The van der Waals surface area contributed by atoms with Gasteiger partial charge in [0.1, 0.15) is 6.10 Å². The Balaban J connectivity index is 4.50. The maximum Gasteiger partial charge on any atom is 0.192 e. The summed E-state index contributed by atoms with van der Waals surface area (Å²) in [4.78, 5) is 0. The Morgan fingerprint density at radius 2 is 1.74 bits per heavy atom. The van der Waals surface area contributed by atoms with Gasteiger partial charge in [-0.2, -0.15) is 0 Å². The van der Waals surface area contributed by atoms with Crippen LogP contribution in [0.1, 0.15) is 47.5 Å². The van der Waals surface area contributed by atoms with Gasteiger partial charge in [-0.3, -0.25) is 0 Å². The highest BCUT2D eigenvalue weighted by atomic mass is 28.4. The number of hydrogen-bond acceptors (Lipinski definition) is 2. The third-order valence-corrected chi connectivity index (χ3v) is 8.29. The molecule has 0 unspecified atom stereocenters. The van der Waals surface area contributed by atoms with E-state index in [-0.39, 0.29) is 6.10 Å². The highest BCUT2D eigenvalue weighted by Gasteiger charge is 2.29. The van der Waals surface area contributed by atoms with Gasteiger partial charge in [0.05, 0.1) is 12.4 Å². The quantitative estimate of drug-likeness (QED) is 0.292. The maximum atomic E-state index is 6.29. The smallest absolute Gasteiger partial charge is 0.192 e. The lowest BCUT2D eigenvalue weighted by Gasteiger charge is -2.30. The lowest BCUT2D eigenvalue weighted by molar-refractivity contribution is 0.0988. The van der Waals surface area contributed by atoms with Crippen molar-refractivity contribution in [2.24, 2.45) is 0 Å². The van der Waals surface area contributed by atoms with Crippen LogP contribution in [0.15, 0.2) is 24.5 Å². The second-order valence-electron chi connectivity index (χ2n) is 5.13. The van der Waals surface area contributed by atoms with Crippen molar-refractivity contribution in [3.63, 3.8) is 0 Å². The molecule has 2 nitrogen and oxygen atoms in total. The van der Waals surface area contributed by atoms with Gasteiger partial charge < -0.3 is 9.16 Å². The topological polar surface area (TPSA) is 18.5 Å². The Bertz CT molecular complexity index is 262. The van der Waals surface area contributed by atoms with E-state index in [1.54, 1.807) is 0 Å². The van der Waals surface area contributed by atoms with E-state index in [9.17, 15) is 0 Å². The van der Waals surface area contributed by atoms with Crippen LogP contribution in [0.4, 0.5) is 0 Å². The third-order valence-electron chi connectivity index (χ3n) is 3.65. The molecule has 0 spiro atoms. The summed E-state index contributed by atoms with van der Waals surface area (Å²) in [7, 11) is -1.52. The zero-order chi connectivity index (χ0) is 14.7. The molecule has 0 aliphatic heterocycles. The number of hydrogen-bond donors (Lipinski definition) is 0. The van der Waals surface area contributed by atoms with Gasteiger partial charge in [-0.1, -0.05) is 46.8 Å². The summed E-state index contributed by atoms with van der Waals surface area (Å²) in [6.07, 6.45) is 6.57. The molecule has 0 fully saturated rings. The van der Waals surface area contributed by atoms with E-state index in [0.717, 1.165) is 18.6 Å². The summed E-state index contributed by atoms with van der Waals surface area (Å²) in [6, 6.07) is 3.54. The number of unbranched alkanes of at least 4 members (excludes halogenated alkanes) is 1. The van der Waals surface area contributed by atoms with Gasteiger partial charge in [0.2, 0.25) is 0 Å². The molecule has 0 heterocycles. The molecular weight excluding hydrogens is 252 g/mol. The van der Waals surface area contributed by atoms with Crippen LogP contribution >= 0.6 is 0 Å². The summed E-state index contributed by atoms with van der Waals surface area (Å²) in [5.41, 5.74) is 0. The van der Waals surface area contributed by atoms with Crippen LogP contribution in [-0.2, 0) is 9.16 Å². The molecule has 0 amide bonds. The van der Waals surface area contributed by atoms with Crippen LogP contribution < -0.4 is 0 Å². The Hall–Kier alpha value is -0.543. The van der Waals surface area contributed by atoms with E-state index in [4.69, 9.17) is 9.16 Å². The van der Waals surface area contributed by atoms with Gasteiger partial charge in [0.25, 0.3) is 0 Å². The van der Waals surface area contributed by atoms with E-state index >= 15 is 0 Å². The lowest BCUT2D eigenvalue weighted by Crippen LogP contribution is -2.38. The predicted molar refractivity (Wildman–Crippen MR) is 86.9 cm³/mol. The molecule has 3 heteroatoms. The third kappa shape index (κ3) is 7.58. The minimum Gasteiger partial charge on any atom is -0.489 e. The van der Waals surface area contributed by atoms with Gasteiger partial charge in [-0.05, 0) is 37.6 Å². The second-order valence-corrected chi connectivity index (χ2v) is 9.91. The van der Waals surface area contributed by atoms with Crippen molar-refractivity contribution >= 4 is 8.32 Å². The van der Waals surface area contributed by atoms with Crippen molar-refractivity contribution in [1.29, 1.82) is 0 Å². The fraction of sp³-hybridized carbons (Fsp3) is 0.750. The molecule has 0 rings (SSSR count). The number of ether oxygens (including phenoxy) is 1. The first-order valence-electron chi connectivity index (χ1n) is 7.66. The van der Waals surface area contributed by atoms with Crippen molar-refractivity contribution < 1.29 is 9.16 Å². The van der Waals surface area contributed by atoms with Crippen molar-refractivity contribution in [3.05, 3.63) is 24.5 Å². The first-order valence-corrected chi connectivity index (χ1v) is 10.2. The molecule has 0 aliphatic rings. The van der Waals surface area contributed by atoms with Crippen LogP contribution in [0, 0.1) is 0 Å². The average Bonchev–Trinajstić information content (AvgIpc) is 2.40. The Kier molecular flexibility index (Phi) is 9.98. The second kappa shape index (κ2) is 10.3. The predicted octanol–water partition coefficient (Wildman–Crippen LogP) is 5.28. The minimum absolute atomic E-state index is 0.0144. The van der Waals surface area contributed by atoms with Crippen molar-refractivity contribution in [3.8, 4) is 0 Å². The van der Waals surface area contributed by atoms with Gasteiger partial charge in [-0.15, -0.1) is 0 Å². The molecular formula is C16H32O2Si. The summed E-state index contributed by atoms with van der Waals surface area (Å²) in [5, 5.41) is 0.